The molecule has 0 fully saturated rings. The molecule has 0 aromatic rings. The molecular formula is C53H102O6. The molecule has 0 bridgehead atoms. The van der Waals surface area contributed by atoms with Crippen LogP contribution in [-0.4, -0.2) is 37.2 Å². The normalized spacial score (nSPS) is 12.1. The van der Waals surface area contributed by atoms with Crippen LogP contribution in [0.5, 0.6) is 0 Å². The van der Waals surface area contributed by atoms with Gasteiger partial charge in [0.2, 0.25) is 0 Å². The van der Waals surface area contributed by atoms with Crippen LogP contribution in [0.15, 0.2) is 0 Å². The Morgan fingerprint density at radius 1 is 0.322 bits per heavy atom. The van der Waals surface area contributed by atoms with Gasteiger partial charge in [0.05, 0.1) is 0 Å². The molecule has 0 aromatic carbocycles. The summed E-state index contributed by atoms with van der Waals surface area (Å²) in [5.74, 6) is 0.795. The fourth-order valence-electron chi connectivity index (χ4n) is 7.99. The number of hydrogen-bond acceptors (Lipinski definition) is 6. The van der Waals surface area contributed by atoms with Gasteiger partial charge in [-0.15, -0.1) is 0 Å². The maximum absolute atomic E-state index is 12.8. The maximum atomic E-state index is 12.8. The van der Waals surface area contributed by atoms with Gasteiger partial charge in [-0.2, -0.15) is 0 Å². The first-order valence-corrected chi connectivity index (χ1v) is 26.2. The number of ether oxygens (including phenoxy) is 3. The molecular weight excluding hydrogens is 733 g/mol. The Balaban J connectivity index is 4.31. The molecule has 0 heterocycles. The van der Waals surface area contributed by atoms with Crippen molar-refractivity contribution >= 4 is 17.9 Å². The Labute approximate surface area is 368 Å². The minimum absolute atomic E-state index is 0.0637. The van der Waals surface area contributed by atoms with Gasteiger partial charge < -0.3 is 14.2 Å². The van der Waals surface area contributed by atoms with Crippen LogP contribution in [-0.2, 0) is 28.6 Å². The topological polar surface area (TPSA) is 78.9 Å². The van der Waals surface area contributed by atoms with E-state index < -0.39 is 6.10 Å². The molecule has 0 aliphatic carbocycles. The summed E-state index contributed by atoms with van der Waals surface area (Å²) in [5.41, 5.74) is 0. The van der Waals surface area contributed by atoms with Crippen molar-refractivity contribution in [3.63, 3.8) is 0 Å². The van der Waals surface area contributed by atoms with E-state index in [0.717, 1.165) is 69.6 Å². The molecule has 6 heteroatoms. The average molecular weight is 835 g/mol. The third-order valence-corrected chi connectivity index (χ3v) is 12.0. The van der Waals surface area contributed by atoms with E-state index in [1.807, 2.05) is 0 Å². The molecule has 0 N–H and O–H groups in total. The van der Waals surface area contributed by atoms with Gasteiger partial charge in [-0.3, -0.25) is 14.4 Å². The lowest BCUT2D eigenvalue weighted by Crippen LogP contribution is -2.30. The first-order chi connectivity index (χ1) is 28.7. The molecule has 0 saturated heterocycles. The molecule has 0 spiro atoms. The van der Waals surface area contributed by atoms with Crippen molar-refractivity contribution < 1.29 is 28.6 Å². The molecule has 0 unspecified atom stereocenters. The van der Waals surface area contributed by atoms with Crippen LogP contribution >= 0.6 is 0 Å². The van der Waals surface area contributed by atoms with Gasteiger partial charge in [0.15, 0.2) is 6.10 Å². The van der Waals surface area contributed by atoms with Crippen molar-refractivity contribution in [2.45, 2.75) is 298 Å². The van der Waals surface area contributed by atoms with E-state index in [2.05, 4.69) is 34.6 Å². The third-order valence-electron chi connectivity index (χ3n) is 12.0. The molecule has 350 valence electrons. The second kappa shape index (κ2) is 45.9. The minimum Gasteiger partial charge on any atom is -0.462 e. The smallest absolute Gasteiger partial charge is 0.306 e. The second-order valence-corrected chi connectivity index (χ2v) is 19.1. The lowest BCUT2D eigenvalue weighted by Gasteiger charge is -2.18. The quantitative estimate of drug-likeness (QED) is 0.0345. The van der Waals surface area contributed by atoms with E-state index in [9.17, 15) is 14.4 Å². The average Bonchev–Trinajstić information content (AvgIpc) is 3.20. The van der Waals surface area contributed by atoms with Crippen LogP contribution in [0.25, 0.3) is 0 Å². The van der Waals surface area contributed by atoms with Gasteiger partial charge in [0.1, 0.15) is 13.2 Å². The first kappa shape index (κ1) is 57.4. The molecule has 0 radical (unpaired) electrons. The van der Waals surface area contributed by atoms with Crippen LogP contribution in [0.3, 0.4) is 0 Å². The summed E-state index contributed by atoms with van der Waals surface area (Å²) in [6.07, 6.45) is 46.6. The highest BCUT2D eigenvalue weighted by molar-refractivity contribution is 5.71. The molecule has 0 saturated carbocycles. The van der Waals surface area contributed by atoms with Gasteiger partial charge in [-0.1, -0.05) is 253 Å². The minimum atomic E-state index is -0.761. The van der Waals surface area contributed by atoms with Gasteiger partial charge in [-0.05, 0) is 31.1 Å². The zero-order chi connectivity index (χ0) is 43.3. The highest BCUT2D eigenvalue weighted by atomic mass is 16.6. The van der Waals surface area contributed by atoms with Crippen LogP contribution < -0.4 is 0 Å². The van der Waals surface area contributed by atoms with Gasteiger partial charge in [0.25, 0.3) is 0 Å². The van der Waals surface area contributed by atoms with Gasteiger partial charge in [0, 0.05) is 19.3 Å². The molecule has 1 atom stereocenters. The molecule has 0 aromatic heterocycles. The summed E-state index contributed by atoms with van der Waals surface area (Å²) in [4.78, 5) is 38.0. The maximum Gasteiger partial charge on any atom is 0.306 e. The number of esters is 3. The molecule has 0 aliphatic heterocycles. The Kier molecular flexibility index (Phi) is 44.7. The van der Waals surface area contributed by atoms with Crippen molar-refractivity contribution in [3.05, 3.63) is 0 Å². The van der Waals surface area contributed by atoms with E-state index in [0.29, 0.717) is 19.3 Å². The van der Waals surface area contributed by atoms with Crippen LogP contribution in [0.4, 0.5) is 0 Å². The van der Waals surface area contributed by atoms with Crippen LogP contribution in [0.1, 0.15) is 291 Å². The molecule has 0 aliphatic rings. The summed E-state index contributed by atoms with van der Waals surface area (Å²) in [5, 5.41) is 0. The number of carbonyl (C=O) groups excluding carboxylic acids is 3. The SMILES string of the molecule is CCCCCCCCCCCCCCCCC(=O)O[C@H](COC(=O)CCCCCCCCCCCCCCC(C)C)COC(=O)CCCCCCCCCCCC(C)C. The highest BCUT2D eigenvalue weighted by Gasteiger charge is 2.19. The van der Waals surface area contributed by atoms with Crippen molar-refractivity contribution in [2.24, 2.45) is 11.8 Å². The number of unbranched alkanes of at least 4 members (excludes halogenated alkanes) is 32. The van der Waals surface area contributed by atoms with Crippen molar-refractivity contribution in [2.75, 3.05) is 13.2 Å². The predicted molar refractivity (Wildman–Crippen MR) is 252 cm³/mol. The van der Waals surface area contributed by atoms with Gasteiger partial charge >= 0.3 is 17.9 Å². The number of rotatable bonds is 47. The molecule has 0 amide bonds. The lowest BCUT2D eigenvalue weighted by molar-refractivity contribution is -0.167. The largest absolute Gasteiger partial charge is 0.462 e. The monoisotopic (exact) mass is 835 g/mol. The van der Waals surface area contributed by atoms with Crippen molar-refractivity contribution in [1.29, 1.82) is 0 Å². The standard InChI is InChI=1S/C53H102O6/c1-6-7-8-9-10-11-12-13-14-19-24-30-35-40-45-53(56)59-50(47-58-52(55)44-39-34-29-25-20-22-27-32-37-42-49(4)5)46-57-51(54)43-38-33-28-23-18-16-15-17-21-26-31-36-41-48(2)3/h48-50H,6-47H2,1-5H3/t50-/m1/s1. The summed E-state index contributed by atoms with van der Waals surface area (Å²) in [6.45, 7) is 11.4. The lowest BCUT2D eigenvalue weighted by atomic mass is 10.0. The van der Waals surface area contributed by atoms with E-state index in [-0.39, 0.29) is 31.1 Å². The summed E-state index contributed by atoms with van der Waals surface area (Å²) >= 11 is 0. The highest BCUT2D eigenvalue weighted by Crippen LogP contribution is 2.17. The number of hydrogen-bond donors (Lipinski definition) is 0. The first-order valence-electron chi connectivity index (χ1n) is 26.2. The zero-order valence-corrected chi connectivity index (χ0v) is 40.4. The zero-order valence-electron chi connectivity index (χ0n) is 40.4. The Bertz CT molecular complexity index is 900. The third kappa shape index (κ3) is 47.3. The summed E-state index contributed by atoms with van der Waals surface area (Å²) in [7, 11) is 0. The Hall–Kier alpha value is -1.59. The van der Waals surface area contributed by atoms with Gasteiger partial charge in [-0.25, -0.2) is 0 Å². The van der Waals surface area contributed by atoms with Crippen molar-refractivity contribution in [3.8, 4) is 0 Å². The molecule has 59 heavy (non-hydrogen) atoms. The Morgan fingerprint density at radius 2 is 0.559 bits per heavy atom. The molecule has 0 rings (SSSR count). The van der Waals surface area contributed by atoms with E-state index in [4.69, 9.17) is 14.2 Å². The Morgan fingerprint density at radius 3 is 0.831 bits per heavy atom. The van der Waals surface area contributed by atoms with Crippen molar-refractivity contribution in [1.82, 2.24) is 0 Å². The fraction of sp³-hybridized carbons (Fsp3) is 0.943. The van der Waals surface area contributed by atoms with E-state index in [1.54, 1.807) is 0 Å². The van der Waals surface area contributed by atoms with Crippen LogP contribution in [0.2, 0.25) is 0 Å². The molecule has 6 nitrogen and oxygen atoms in total. The van der Waals surface area contributed by atoms with E-state index in [1.165, 1.54) is 180 Å². The van der Waals surface area contributed by atoms with Crippen LogP contribution in [0, 0.1) is 11.8 Å². The van der Waals surface area contributed by atoms with E-state index >= 15 is 0 Å². The second-order valence-electron chi connectivity index (χ2n) is 19.1. The predicted octanol–water partition coefficient (Wildman–Crippen LogP) is 16.9. The fourth-order valence-corrected chi connectivity index (χ4v) is 7.99. The number of carbonyl (C=O) groups is 3. The summed E-state index contributed by atoms with van der Waals surface area (Å²) < 4.78 is 16.8. The summed E-state index contributed by atoms with van der Waals surface area (Å²) in [6, 6.07) is 0.